The molecule has 0 fully saturated rings. The van der Waals surface area contributed by atoms with Crippen molar-refractivity contribution in [2.45, 2.75) is 17.7 Å². The minimum absolute atomic E-state index is 0.216. The number of thioether (sulfide) groups is 1. The Morgan fingerprint density at radius 3 is 2.73 bits per heavy atom. The molecule has 0 saturated carbocycles. The van der Waals surface area contributed by atoms with Crippen LogP contribution in [0.4, 0.5) is 4.39 Å². The van der Waals surface area contributed by atoms with Crippen LogP contribution in [0.25, 0.3) is 20.5 Å². The standard InChI is InChI=1S/C19H14FN3S3/c1-12-18(26-19(21-12)16-6-3-9-24-16)15-7-8-17(23-22-15)25-11-13-4-2-5-14(20)10-13/h2-10H,11H2,1H3. The predicted molar refractivity (Wildman–Crippen MR) is 107 cm³/mol. The Kier molecular flexibility index (Phi) is 5.10. The van der Waals surface area contributed by atoms with E-state index in [9.17, 15) is 4.39 Å². The summed E-state index contributed by atoms with van der Waals surface area (Å²) in [7, 11) is 0. The van der Waals surface area contributed by atoms with Crippen LogP contribution in [0.15, 0.2) is 58.9 Å². The first kappa shape index (κ1) is 17.3. The van der Waals surface area contributed by atoms with E-state index in [0.717, 1.165) is 31.9 Å². The summed E-state index contributed by atoms with van der Waals surface area (Å²) in [5.74, 6) is 0.445. The van der Waals surface area contributed by atoms with Crippen molar-refractivity contribution in [1.29, 1.82) is 0 Å². The van der Waals surface area contributed by atoms with Gasteiger partial charge in [-0.15, -0.1) is 32.9 Å². The van der Waals surface area contributed by atoms with Crippen LogP contribution in [-0.4, -0.2) is 15.2 Å². The summed E-state index contributed by atoms with van der Waals surface area (Å²) in [5, 5.41) is 12.6. The average Bonchev–Trinajstić information content (AvgIpc) is 3.30. The molecule has 1 aromatic carbocycles. The van der Waals surface area contributed by atoms with Crippen LogP contribution >= 0.6 is 34.4 Å². The van der Waals surface area contributed by atoms with E-state index < -0.39 is 0 Å². The topological polar surface area (TPSA) is 38.7 Å². The van der Waals surface area contributed by atoms with Gasteiger partial charge in [0.15, 0.2) is 0 Å². The van der Waals surface area contributed by atoms with Gasteiger partial charge in [-0.05, 0) is 48.2 Å². The largest absolute Gasteiger partial charge is 0.240 e. The van der Waals surface area contributed by atoms with Gasteiger partial charge in [0.05, 0.1) is 15.4 Å². The summed E-state index contributed by atoms with van der Waals surface area (Å²) in [4.78, 5) is 6.87. The number of benzene rings is 1. The lowest BCUT2D eigenvalue weighted by atomic mass is 10.2. The van der Waals surface area contributed by atoms with Crippen molar-refractivity contribution in [3.8, 4) is 20.5 Å². The van der Waals surface area contributed by atoms with Crippen LogP contribution in [0.3, 0.4) is 0 Å². The molecule has 0 N–H and O–H groups in total. The molecule has 0 radical (unpaired) electrons. The Labute approximate surface area is 163 Å². The maximum absolute atomic E-state index is 13.2. The first-order chi connectivity index (χ1) is 12.7. The zero-order valence-electron chi connectivity index (χ0n) is 13.8. The lowest BCUT2D eigenvalue weighted by molar-refractivity contribution is 0.626. The number of hydrogen-bond donors (Lipinski definition) is 0. The van der Waals surface area contributed by atoms with E-state index >= 15 is 0 Å². The molecule has 0 spiro atoms. The Balaban J connectivity index is 1.49. The van der Waals surface area contributed by atoms with E-state index in [4.69, 9.17) is 0 Å². The first-order valence-corrected chi connectivity index (χ1v) is 10.6. The zero-order valence-corrected chi connectivity index (χ0v) is 16.3. The molecular weight excluding hydrogens is 385 g/mol. The average molecular weight is 400 g/mol. The van der Waals surface area contributed by atoms with E-state index in [1.165, 1.54) is 10.9 Å². The van der Waals surface area contributed by atoms with Crippen LogP contribution in [0, 0.1) is 12.7 Å². The maximum Gasteiger partial charge on any atom is 0.134 e. The van der Waals surface area contributed by atoms with Gasteiger partial charge in [0.25, 0.3) is 0 Å². The lowest BCUT2D eigenvalue weighted by Gasteiger charge is -2.02. The van der Waals surface area contributed by atoms with Crippen molar-refractivity contribution in [2.75, 3.05) is 0 Å². The summed E-state index contributed by atoms with van der Waals surface area (Å²) in [5.41, 5.74) is 2.73. The highest BCUT2D eigenvalue weighted by Gasteiger charge is 2.13. The number of aromatic nitrogens is 3. The molecule has 0 atom stereocenters. The van der Waals surface area contributed by atoms with E-state index in [-0.39, 0.29) is 5.82 Å². The smallest absolute Gasteiger partial charge is 0.134 e. The number of rotatable bonds is 5. The van der Waals surface area contributed by atoms with Crippen LogP contribution in [0.5, 0.6) is 0 Å². The molecule has 3 heterocycles. The molecule has 0 amide bonds. The van der Waals surface area contributed by atoms with Crippen LogP contribution in [-0.2, 0) is 5.75 Å². The van der Waals surface area contributed by atoms with Gasteiger partial charge < -0.3 is 0 Å². The van der Waals surface area contributed by atoms with E-state index in [1.54, 1.807) is 46.6 Å². The van der Waals surface area contributed by atoms with Crippen molar-refractivity contribution >= 4 is 34.4 Å². The van der Waals surface area contributed by atoms with Gasteiger partial charge >= 0.3 is 0 Å². The summed E-state index contributed by atoms with van der Waals surface area (Å²) in [6.07, 6.45) is 0. The van der Waals surface area contributed by atoms with Crippen molar-refractivity contribution in [3.05, 3.63) is 71.0 Å². The van der Waals surface area contributed by atoms with Gasteiger partial charge in [-0.25, -0.2) is 9.37 Å². The summed E-state index contributed by atoms with van der Waals surface area (Å²) >= 11 is 4.86. The molecule has 130 valence electrons. The third-order valence-corrected chi connectivity index (χ3v) is 6.89. The molecule has 0 unspecified atom stereocenters. The Hall–Kier alpha value is -2.09. The third kappa shape index (κ3) is 3.85. The predicted octanol–water partition coefficient (Wildman–Crippen LogP) is 6.07. The van der Waals surface area contributed by atoms with Gasteiger partial charge in [-0.3, -0.25) is 0 Å². The molecule has 0 aliphatic heterocycles. The van der Waals surface area contributed by atoms with Crippen molar-refractivity contribution in [2.24, 2.45) is 0 Å². The highest BCUT2D eigenvalue weighted by molar-refractivity contribution is 7.98. The van der Waals surface area contributed by atoms with Crippen LogP contribution < -0.4 is 0 Å². The third-order valence-electron chi connectivity index (χ3n) is 3.68. The van der Waals surface area contributed by atoms with Gasteiger partial charge in [0.1, 0.15) is 21.5 Å². The Morgan fingerprint density at radius 1 is 1.08 bits per heavy atom. The van der Waals surface area contributed by atoms with Gasteiger partial charge in [0.2, 0.25) is 0 Å². The molecule has 3 nitrogen and oxygen atoms in total. The van der Waals surface area contributed by atoms with Gasteiger partial charge in [-0.1, -0.05) is 30.0 Å². The summed E-state index contributed by atoms with van der Waals surface area (Å²) in [6.45, 7) is 2.00. The second-order valence-corrected chi connectivity index (χ2v) is 8.53. The monoisotopic (exact) mass is 399 g/mol. The molecule has 4 aromatic rings. The summed E-state index contributed by atoms with van der Waals surface area (Å²) in [6, 6.07) is 14.6. The molecule has 26 heavy (non-hydrogen) atoms. The quantitative estimate of drug-likeness (QED) is 0.382. The minimum Gasteiger partial charge on any atom is -0.240 e. The van der Waals surface area contributed by atoms with Crippen molar-refractivity contribution in [3.63, 3.8) is 0 Å². The van der Waals surface area contributed by atoms with E-state index in [1.807, 2.05) is 31.2 Å². The van der Waals surface area contributed by atoms with Gasteiger partial charge in [0, 0.05) is 5.75 Å². The number of thiazole rings is 1. The number of hydrogen-bond acceptors (Lipinski definition) is 6. The lowest BCUT2D eigenvalue weighted by Crippen LogP contribution is -1.90. The molecule has 3 aromatic heterocycles. The fourth-order valence-corrected chi connectivity index (χ4v) is 5.03. The molecule has 0 aliphatic carbocycles. The Morgan fingerprint density at radius 2 is 2.00 bits per heavy atom. The maximum atomic E-state index is 13.2. The number of thiophene rings is 1. The normalized spacial score (nSPS) is 11.0. The van der Waals surface area contributed by atoms with Gasteiger partial charge in [-0.2, -0.15) is 0 Å². The van der Waals surface area contributed by atoms with E-state index in [2.05, 4.69) is 26.6 Å². The van der Waals surface area contributed by atoms with Crippen LogP contribution in [0.1, 0.15) is 11.3 Å². The highest BCUT2D eigenvalue weighted by atomic mass is 32.2. The van der Waals surface area contributed by atoms with E-state index in [0.29, 0.717) is 5.75 Å². The van der Waals surface area contributed by atoms with Crippen LogP contribution in [0.2, 0.25) is 0 Å². The van der Waals surface area contributed by atoms with Crippen molar-refractivity contribution < 1.29 is 4.39 Å². The molecule has 0 bridgehead atoms. The highest BCUT2D eigenvalue weighted by Crippen LogP contribution is 2.36. The first-order valence-electron chi connectivity index (χ1n) is 7.92. The zero-order chi connectivity index (χ0) is 17.9. The molecular formula is C19H14FN3S3. The Bertz CT molecular complexity index is 1010. The molecule has 0 aliphatic rings. The number of aryl methyl sites for hydroxylation is 1. The second-order valence-electron chi connectivity index (χ2n) is 5.59. The number of nitrogens with zero attached hydrogens (tertiary/aromatic N) is 3. The SMILES string of the molecule is Cc1nc(-c2cccs2)sc1-c1ccc(SCc2cccc(F)c2)nn1. The molecule has 7 heteroatoms. The number of halogens is 1. The van der Waals surface area contributed by atoms with Crippen molar-refractivity contribution in [1.82, 2.24) is 15.2 Å². The minimum atomic E-state index is -0.216. The fraction of sp³-hybridized carbons (Fsp3) is 0.105. The molecule has 4 rings (SSSR count). The summed E-state index contributed by atoms with van der Waals surface area (Å²) < 4.78 is 13.2. The molecule has 0 saturated heterocycles. The second kappa shape index (κ2) is 7.65. The fourth-order valence-electron chi connectivity index (χ4n) is 2.44.